The molecular formula is C19H19N3O2. The number of amides is 1. The highest BCUT2D eigenvalue weighted by Crippen LogP contribution is 2.28. The fraction of sp³-hybridized carbons (Fsp3) is 0.263. The van der Waals surface area contributed by atoms with Crippen molar-refractivity contribution in [1.82, 2.24) is 14.9 Å². The summed E-state index contributed by atoms with van der Waals surface area (Å²) in [6, 6.07) is 15.9. The summed E-state index contributed by atoms with van der Waals surface area (Å²) < 4.78 is 7.82. The zero-order chi connectivity index (χ0) is 16.4. The van der Waals surface area contributed by atoms with Crippen LogP contribution in [0.25, 0.3) is 11.0 Å². The molecule has 0 saturated heterocycles. The Labute approximate surface area is 140 Å². The molecule has 3 aromatic rings. The summed E-state index contributed by atoms with van der Waals surface area (Å²) in [4.78, 5) is 16.6. The van der Waals surface area contributed by atoms with Crippen LogP contribution in [0.1, 0.15) is 12.0 Å². The number of carbonyl (C=O) groups excluding carboxylic acids is 1. The number of hydrogen-bond acceptors (Lipinski definition) is 3. The molecule has 1 aliphatic rings. The number of nitrogens with one attached hydrogen (secondary N) is 1. The Balaban J connectivity index is 1.27. The first-order valence-electron chi connectivity index (χ1n) is 8.23. The topological polar surface area (TPSA) is 56.2 Å². The molecule has 0 aliphatic carbocycles. The van der Waals surface area contributed by atoms with E-state index in [0.717, 1.165) is 35.3 Å². The van der Waals surface area contributed by atoms with E-state index in [-0.39, 0.29) is 5.91 Å². The normalized spacial score (nSPS) is 15.9. The van der Waals surface area contributed by atoms with Crippen molar-refractivity contribution in [3.05, 3.63) is 60.4 Å². The number of rotatable bonds is 5. The summed E-state index contributed by atoms with van der Waals surface area (Å²) in [5, 5.41) is 2.97. The second-order valence-corrected chi connectivity index (χ2v) is 5.99. The van der Waals surface area contributed by atoms with Gasteiger partial charge in [-0.05, 0) is 30.2 Å². The number of aromatic nitrogens is 2. The lowest BCUT2D eigenvalue weighted by Gasteiger charge is -2.11. The molecule has 1 unspecified atom stereocenters. The molecule has 5 nitrogen and oxygen atoms in total. The van der Waals surface area contributed by atoms with Gasteiger partial charge >= 0.3 is 0 Å². The molecule has 0 spiro atoms. The van der Waals surface area contributed by atoms with Crippen LogP contribution in [0.3, 0.4) is 0 Å². The minimum atomic E-state index is -0.406. The SMILES string of the molecule is O=C(NCCCn1cnc2ccccc21)C1Cc2ccccc2O1. The summed E-state index contributed by atoms with van der Waals surface area (Å²) in [6.07, 6.45) is 2.94. The van der Waals surface area contributed by atoms with Gasteiger partial charge in [0, 0.05) is 19.5 Å². The van der Waals surface area contributed by atoms with Crippen molar-refractivity contribution in [2.24, 2.45) is 0 Å². The van der Waals surface area contributed by atoms with Gasteiger partial charge in [-0.25, -0.2) is 4.98 Å². The summed E-state index contributed by atoms with van der Waals surface area (Å²) in [5.74, 6) is 0.782. The van der Waals surface area contributed by atoms with E-state index in [0.29, 0.717) is 13.0 Å². The number of imidazole rings is 1. The average Bonchev–Trinajstić information content (AvgIpc) is 3.23. The second kappa shape index (κ2) is 6.35. The van der Waals surface area contributed by atoms with Gasteiger partial charge in [-0.2, -0.15) is 0 Å². The number of benzene rings is 2. The number of ether oxygens (including phenoxy) is 1. The Morgan fingerprint density at radius 2 is 2.04 bits per heavy atom. The molecule has 1 N–H and O–H groups in total. The molecule has 1 aliphatic heterocycles. The smallest absolute Gasteiger partial charge is 0.261 e. The molecule has 0 saturated carbocycles. The van der Waals surface area contributed by atoms with Crippen LogP contribution in [0.5, 0.6) is 5.75 Å². The highest BCUT2D eigenvalue weighted by molar-refractivity contribution is 5.82. The maximum atomic E-state index is 12.2. The summed E-state index contributed by atoms with van der Waals surface area (Å²) >= 11 is 0. The molecule has 4 rings (SSSR count). The third kappa shape index (κ3) is 2.85. The van der Waals surface area contributed by atoms with Crippen LogP contribution >= 0.6 is 0 Å². The summed E-state index contributed by atoms with van der Waals surface area (Å²) in [6.45, 7) is 1.45. The van der Waals surface area contributed by atoms with Crippen molar-refractivity contribution in [3.63, 3.8) is 0 Å². The quantitative estimate of drug-likeness (QED) is 0.735. The van der Waals surface area contributed by atoms with E-state index in [4.69, 9.17) is 4.74 Å². The Bertz CT molecular complexity index is 847. The molecule has 2 aromatic carbocycles. The van der Waals surface area contributed by atoms with Crippen LogP contribution in [0.2, 0.25) is 0 Å². The van der Waals surface area contributed by atoms with Crippen LogP contribution in [0.15, 0.2) is 54.9 Å². The lowest BCUT2D eigenvalue weighted by atomic mass is 10.1. The molecular weight excluding hydrogens is 302 g/mol. The van der Waals surface area contributed by atoms with E-state index >= 15 is 0 Å². The van der Waals surface area contributed by atoms with Gasteiger partial charge in [0.15, 0.2) is 6.10 Å². The molecule has 5 heteroatoms. The van der Waals surface area contributed by atoms with Gasteiger partial charge in [0.25, 0.3) is 5.91 Å². The first-order valence-corrected chi connectivity index (χ1v) is 8.23. The second-order valence-electron chi connectivity index (χ2n) is 5.99. The maximum absolute atomic E-state index is 12.2. The van der Waals surface area contributed by atoms with Crippen LogP contribution < -0.4 is 10.1 Å². The Hall–Kier alpha value is -2.82. The van der Waals surface area contributed by atoms with Crippen molar-refractivity contribution >= 4 is 16.9 Å². The molecule has 122 valence electrons. The molecule has 2 heterocycles. The lowest BCUT2D eigenvalue weighted by molar-refractivity contribution is -0.127. The fourth-order valence-electron chi connectivity index (χ4n) is 3.09. The Morgan fingerprint density at radius 3 is 2.96 bits per heavy atom. The van der Waals surface area contributed by atoms with Crippen molar-refractivity contribution in [3.8, 4) is 5.75 Å². The number of nitrogens with zero attached hydrogens (tertiary/aromatic N) is 2. The van der Waals surface area contributed by atoms with E-state index in [1.54, 1.807) is 0 Å². The number of carbonyl (C=O) groups is 1. The monoisotopic (exact) mass is 321 g/mol. The molecule has 1 amide bonds. The molecule has 0 bridgehead atoms. The predicted molar refractivity (Wildman–Crippen MR) is 91.9 cm³/mol. The molecule has 24 heavy (non-hydrogen) atoms. The number of para-hydroxylation sites is 3. The number of aryl methyl sites for hydroxylation is 1. The highest BCUT2D eigenvalue weighted by Gasteiger charge is 2.28. The minimum Gasteiger partial charge on any atom is -0.480 e. The van der Waals surface area contributed by atoms with Gasteiger partial charge in [-0.15, -0.1) is 0 Å². The van der Waals surface area contributed by atoms with Crippen LogP contribution in [0.4, 0.5) is 0 Å². The predicted octanol–water partition coefficient (Wildman–Crippen LogP) is 2.55. The first-order chi connectivity index (χ1) is 11.8. The van der Waals surface area contributed by atoms with Crippen molar-refractivity contribution in [2.45, 2.75) is 25.5 Å². The molecule has 0 fully saturated rings. The Morgan fingerprint density at radius 1 is 1.21 bits per heavy atom. The summed E-state index contributed by atoms with van der Waals surface area (Å²) in [7, 11) is 0. The van der Waals surface area contributed by atoms with E-state index in [1.807, 2.05) is 48.8 Å². The largest absolute Gasteiger partial charge is 0.480 e. The van der Waals surface area contributed by atoms with Crippen LogP contribution in [-0.4, -0.2) is 28.1 Å². The van der Waals surface area contributed by atoms with E-state index in [9.17, 15) is 4.79 Å². The molecule has 0 radical (unpaired) electrons. The third-order valence-corrected chi connectivity index (χ3v) is 4.34. The highest BCUT2D eigenvalue weighted by atomic mass is 16.5. The average molecular weight is 321 g/mol. The van der Waals surface area contributed by atoms with Gasteiger partial charge in [-0.1, -0.05) is 30.3 Å². The van der Waals surface area contributed by atoms with Crippen molar-refractivity contribution < 1.29 is 9.53 Å². The lowest BCUT2D eigenvalue weighted by Crippen LogP contribution is -2.38. The van der Waals surface area contributed by atoms with Gasteiger partial charge in [0.2, 0.25) is 0 Å². The van der Waals surface area contributed by atoms with E-state index in [1.165, 1.54) is 0 Å². The number of fused-ring (bicyclic) bond motifs is 2. The fourth-order valence-corrected chi connectivity index (χ4v) is 3.09. The standard InChI is InChI=1S/C19H19N3O2/c23-19(18-12-14-6-1-4-9-17(14)24-18)20-10-5-11-22-13-21-15-7-2-3-8-16(15)22/h1-4,6-9,13,18H,5,10-12H2,(H,20,23). The Kier molecular flexibility index (Phi) is 3.91. The van der Waals surface area contributed by atoms with Crippen molar-refractivity contribution in [1.29, 1.82) is 0 Å². The zero-order valence-corrected chi connectivity index (χ0v) is 13.3. The minimum absolute atomic E-state index is 0.0401. The van der Waals surface area contributed by atoms with Gasteiger partial charge in [0.1, 0.15) is 5.75 Å². The summed E-state index contributed by atoms with van der Waals surface area (Å²) in [5.41, 5.74) is 3.22. The molecule has 1 atom stereocenters. The van der Waals surface area contributed by atoms with Gasteiger partial charge < -0.3 is 14.6 Å². The maximum Gasteiger partial charge on any atom is 0.261 e. The van der Waals surface area contributed by atoms with Crippen LogP contribution in [0, 0.1) is 0 Å². The van der Waals surface area contributed by atoms with E-state index in [2.05, 4.69) is 20.9 Å². The van der Waals surface area contributed by atoms with E-state index < -0.39 is 6.10 Å². The van der Waals surface area contributed by atoms with Gasteiger partial charge in [-0.3, -0.25) is 4.79 Å². The first kappa shape index (κ1) is 14.8. The van der Waals surface area contributed by atoms with Crippen LogP contribution in [-0.2, 0) is 17.8 Å². The zero-order valence-electron chi connectivity index (χ0n) is 13.3. The third-order valence-electron chi connectivity index (χ3n) is 4.34. The molecule has 1 aromatic heterocycles. The number of hydrogen-bond donors (Lipinski definition) is 1. The van der Waals surface area contributed by atoms with Crippen molar-refractivity contribution in [2.75, 3.05) is 6.54 Å². The van der Waals surface area contributed by atoms with Gasteiger partial charge in [0.05, 0.1) is 17.4 Å².